The lowest BCUT2D eigenvalue weighted by molar-refractivity contribution is 1.18. The van der Waals surface area contributed by atoms with Crippen LogP contribution in [0.3, 0.4) is 0 Å². The maximum Gasteiger partial charge on any atom is 0.188 e. The Morgan fingerprint density at radius 2 is 0.941 bits per heavy atom. The molecule has 0 radical (unpaired) electrons. The lowest BCUT2D eigenvalue weighted by Gasteiger charge is -2.18. The van der Waals surface area contributed by atoms with E-state index in [4.69, 9.17) is 6.57 Å². The van der Waals surface area contributed by atoms with E-state index in [1.807, 2.05) is 54.6 Å². The second kappa shape index (κ2) is 11.9. The molecule has 0 aliphatic carbocycles. The average molecular weight is 647 g/mol. The van der Waals surface area contributed by atoms with Gasteiger partial charge in [0.2, 0.25) is 0 Å². The third kappa shape index (κ3) is 4.74. The van der Waals surface area contributed by atoms with Crippen LogP contribution in [0.4, 0.5) is 5.69 Å². The molecule has 1 aromatic heterocycles. The highest BCUT2D eigenvalue weighted by Gasteiger charge is 2.19. The number of hydrogen-bond donors (Lipinski definition) is 0. The molecule has 9 rings (SSSR count). The summed E-state index contributed by atoms with van der Waals surface area (Å²) in [4.78, 5) is 3.67. The highest BCUT2D eigenvalue weighted by Crippen LogP contribution is 2.44. The summed E-state index contributed by atoms with van der Waals surface area (Å²) in [5.41, 5.74) is 11.0. The molecular weight excluding hydrogens is 621 g/mol. The number of rotatable bonds is 4. The normalized spacial score (nSPS) is 11.1. The number of benzene rings is 8. The van der Waals surface area contributed by atoms with Gasteiger partial charge in [0.1, 0.15) is 0 Å². The maximum atomic E-state index is 9.97. The van der Waals surface area contributed by atoms with Crippen molar-refractivity contribution in [3.8, 4) is 51.2 Å². The summed E-state index contributed by atoms with van der Waals surface area (Å²) < 4.78 is 2.17. The molecule has 0 atom stereocenters. The zero-order chi connectivity index (χ0) is 34.5. The molecule has 9 aromatic rings. The minimum atomic E-state index is 0.538. The molecule has 1 heterocycles. The monoisotopic (exact) mass is 646 g/mol. The van der Waals surface area contributed by atoms with Gasteiger partial charge in [-0.3, -0.25) is 0 Å². The van der Waals surface area contributed by atoms with E-state index in [1.54, 1.807) is 0 Å². The summed E-state index contributed by atoms with van der Waals surface area (Å²) in [6.07, 6.45) is 0. The summed E-state index contributed by atoms with van der Waals surface area (Å²) >= 11 is 0. The van der Waals surface area contributed by atoms with Crippen LogP contribution < -0.4 is 0 Å². The third-order valence-corrected chi connectivity index (χ3v) is 9.85. The average Bonchev–Trinajstić information content (AvgIpc) is 3.52. The van der Waals surface area contributed by atoms with Crippen LogP contribution in [-0.4, -0.2) is 4.57 Å². The smallest absolute Gasteiger partial charge is 0.188 e. The maximum absolute atomic E-state index is 9.97. The molecule has 0 saturated heterocycles. The van der Waals surface area contributed by atoms with Crippen LogP contribution in [0, 0.1) is 29.2 Å². The highest BCUT2D eigenvalue weighted by atomic mass is 15.0. The Bertz CT molecular complexity index is 2860. The molecule has 0 N–H and O–H groups in total. The molecule has 0 fully saturated rings. The van der Waals surface area contributed by atoms with Crippen molar-refractivity contribution in [2.75, 3.05) is 0 Å². The molecule has 0 spiro atoms. The van der Waals surface area contributed by atoms with Gasteiger partial charge in [0, 0.05) is 10.9 Å². The minimum Gasteiger partial charge on any atom is -0.309 e. The van der Waals surface area contributed by atoms with E-state index in [2.05, 4.69) is 125 Å². The van der Waals surface area contributed by atoms with Gasteiger partial charge >= 0.3 is 0 Å². The van der Waals surface area contributed by atoms with Gasteiger partial charge in [0.05, 0.1) is 46.6 Å². The summed E-state index contributed by atoms with van der Waals surface area (Å²) in [5, 5.41) is 26.3. The largest absolute Gasteiger partial charge is 0.309 e. The van der Waals surface area contributed by atoms with Gasteiger partial charge in [-0.1, -0.05) is 109 Å². The number of aromatic nitrogens is 1. The van der Waals surface area contributed by atoms with E-state index >= 15 is 0 Å². The fraction of sp³-hybridized carbons (Fsp3) is 0. The zero-order valence-corrected chi connectivity index (χ0v) is 27.3. The Hall–Kier alpha value is -7.45. The Balaban J connectivity index is 1.26. The van der Waals surface area contributed by atoms with Crippen molar-refractivity contribution in [1.29, 1.82) is 10.5 Å². The molecule has 234 valence electrons. The van der Waals surface area contributed by atoms with E-state index in [0.29, 0.717) is 16.8 Å². The third-order valence-electron chi connectivity index (χ3n) is 9.85. The Morgan fingerprint density at radius 1 is 0.451 bits per heavy atom. The van der Waals surface area contributed by atoms with Crippen LogP contribution >= 0.6 is 0 Å². The van der Waals surface area contributed by atoms with Crippen LogP contribution in [0.15, 0.2) is 158 Å². The number of fused-ring (bicyclic) bond motifs is 5. The quantitative estimate of drug-likeness (QED) is 0.141. The predicted molar refractivity (Wildman–Crippen MR) is 208 cm³/mol. The van der Waals surface area contributed by atoms with Crippen molar-refractivity contribution in [2.45, 2.75) is 0 Å². The van der Waals surface area contributed by atoms with Gasteiger partial charge in [-0.2, -0.15) is 10.5 Å². The van der Waals surface area contributed by atoms with Crippen molar-refractivity contribution < 1.29 is 0 Å². The van der Waals surface area contributed by atoms with Crippen LogP contribution in [0.5, 0.6) is 0 Å². The molecule has 0 saturated carbocycles. The minimum absolute atomic E-state index is 0.538. The predicted octanol–water partition coefficient (Wildman–Crippen LogP) is 12.4. The first-order chi connectivity index (χ1) is 25.2. The van der Waals surface area contributed by atoms with Gasteiger partial charge in [-0.15, -0.1) is 0 Å². The van der Waals surface area contributed by atoms with E-state index in [1.165, 1.54) is 38.2 Å². The first-order valence-electron chi connectivity index (χ1n) is 16.7. The van der Waals surface area contributed by atoms with Crippen LogP contribution in [0.25, 0.3) is 87.3 Å². The molecule has 8 aromatic carbocycles. The van der Waals surface area contributed by atoms with E-state index in [9.17, 15) is 10.5 Å². The van der Waals surface area contributed by atoms with Crippen molar-refractivity contribution >= 4 is 49.0 Å². The molecule has 0 unspecified atom stereocenters. The van der Waals surface area contributed by atoms with E-state index < -0.39 is 0 Å². The first-order valence-corrected chi connectivity index (χ1v) is 16.7. The van der Waals surface area contributed by atoms with Crippen molar-refractivity contribution in [3.05, 3.63) is 180 Å². The Labute approximate surface area is 294 Å². The SMILES string of the molecule is [C-]#[N+]c1ccc2c(c1)c1cc(C#N)ccc1n2-c1ccc(C#N)cc1-c1ccc(-c2c3ccccc3c(-c3ccccc3)c3ccccc23)cc1. The lowest BCUT2D eigenvalue weighted by atomic mass is 9.85. The standard InChI is InChI=1S/C47H26N4/c1-50-35-21-24-45-42(27-35)41-26-31(29-49)16-23-44(41)51(45)43-22-15-30(28-48)25-40(43)32-17-19-34(20-18-32)47-38-13-7-5-11-36(38)46(33-9-3-2-4-10-33)37-12-6-8-14-39(37)47/h2-27H. The molecule has 4 nitrogen and oxygen atoms in total. The van der Waals surface area contributed by atoms with E-state index in [0.717, 1.165) is 44.2 Å². The zero-order valence-electron chi connectivity index (χ0n) is 27.3. The van der Waals surface area contributed by atoms with Gasteiger partial charge in [-0.25, -0.2) is 4.85 Å². The number of hydrogen-bond acceptors (Lipinski definition) is 2. The lowest BCUT2D eigenvalue weighted by Crippen LogP contribution is -1.98. The number of nitrogens with zero attached hydrogens (tertiary/aromatic N) is 4. The summed E-state index contributed by atoms with van der Waals surface area (Å²) in [7, 11) is 0. The summed E-state index contributed by atoms with van der Waals surface area (Å²) in [5.74, 6) is 0. The van der Waals surface area contributed by atoms with Crippen molar-refractivity contribution in [1.82, 2.24) is 4.57 Å². The van der Waals surface area contributed by atoms with Crippen LogP contribution in [0.2, 0.25) is 0 Å². The fourth-order valence-corrected chi connectivity index (χ4v) is 7.61. The second-order valence-corrected chi connectivity index (χ2v) is 12.6. The van der Waals surface area contributed by atoms with Gasteiger partial charge in [0.25, 0.3) is 0 Å². The molecule has 0 aliphatic heterocycles. The highest BCUT2D eigenvalue weighted by molar-refractivity contribution is 6.21. The molecule has 0 amide bonds. The molecule has 0 bridgehead atoms. The molecule has 4 heteroatoms. The van der Waals surface area contributed by atoms with Gasteiger partial charge in [0.15, 0.2) is 5.69 Å². The van der Waals surface area contributed by atoms with Crippen LogP contribution in [0.1, 0.15) is 11.1 Å². The first kappa shape index (κ1) is 29.7. The fourth-order valence-electron chi connectivity index (χ4n) is 7.61. The van der Waals surface area contributed by atoms with Crippen molar-refractivity contribution in [3.63, 3.8) is 0 Å². The number of nitriles is 2. The molecular formula is C47H26N4. The second-order valence-electron chi connectivity index (χ2n) is 12.6. The Morgan fingerprint density at radius 3 is 1.53 bits per heavy atom. The Kier molecular flexibility index (Phi) is 6.93. The summed E-state index contributed by atoms with van der Waals surface area (Å²) in [6, 6.07) is 58.3. The summed E-state index contributed by atoms with van der Waals surface area (Å²) in [6.45, 7) is 7.62. The topological polar surface area (TPSA) is 56.9 Å². The molecule has 0 aliphatic rings. The van der Waals surface area contributed by atoms with Crippen molar-refractivity contribution in [2.24, 2.45) is 0 Å². The molecule has 51 heavy (non-hydrogen) atoms. The van der Waals surface area contributed by atoms with E-state index in [-0.39, 0.29) is 0 Å². The van der Waals surface area contributed by atoms with Gasteiger partial charge < -0.3 is 4.57 Å². The van der Waals surface area contributed by atoms with Crippen LogP contribution in [-0.2, 0) is 0 Å². The van der Waals surface area contributed by atoms with Gasteiger partial charge in [-0.05, 0) is 103 Å².